The Morgan fingerprint density at radius 2 is 1.68 bits per heavy atom. The van der Waals surface area contributed by atoms with Crippen molar-refractivity contribution >= 4 is 0 Å². The Labute approximate surface area is 116 Å². The molecule has 0 bridgehead atoms. The second-order valence-electron chi connectivity index (χ2n) is 6.30. The lowest BCUT2D eigenvalue weighted by Crippen LogP contribution is -2.30. The second-order valence-corrected chi connectivity index (χ2v) is 6.30. The molecule has 0 saturated heterocycles. The van der Waals surface area contributed by atoms with Crippen LogP contribution in [0.25, 0.3) is 0 Å². The second kappa shape index (κ2) is 6.42. The van der Waals surface area contributed by atoms with Crippen LogP contribution in [-0.4, -0.2) is 18.3 Å². The van der Waals surface area contributed by atoms with Crippen LogP contribution in [0.4, 0.5) is 0 Å². The quantitative estimate of drug-likeness (QED) is 0.897. The van der Waals surface area contributed by atoms with Gasteiger partial charge in [-0.1, -0.05) is 26.0 Å². The van der Waals surface area contributed by atoms with E-state index < -0.39 is 0 Å². The van der Waals surface area contributed by atoms with Crippen molar-refractivity contribution in [3.8, 4) is 5.75 Å². The Morgan fingerprint density at radius 3 is 2.21 bits per heavy atom. The van der Waals surface area contributed by atoms with Gasteiger partial charge < -0.3 is 9.84 Å². The lowest BCUT2D eigenvalue weighted by molar-refractivity contribution is 0.0561. The molecule has 0 aliphatic heterocycles. The predicted octanol–water partition coefficient (Wildman–Crippen LogP) is 3.67. The van der Waals surface area contributed by atoms with E-state index in [0.717, 1.165) is 24.0 Å². The maximum absolute atomic E-state index is 10.5. The van der Waals surface area contributed by atoms with E-state index in [1.165, 1.54) is 24.8 Å². The first kappa shape index (κ1) is 14.4. The van der Waals surface area contributed by atoms with Crippen LogP contribution in [-0.2, 0) is 6.42 Å². The molecule has 106 valence electrons. The third-order valence-corrected chi connectivity index (χ3v) is 4.36. The molecule has 0 heterocycles. The first-order chi connectivity index (χ1) is 9.08. The molecule has 0 amide bonds. The molecule has 1 aliphatic rings. The van der Waals surface area contributed by atoms with Crippen molar-refractivity contribution in [1.29, 1.82) is 0 Å². The lowest BCUT2D eigenvalue weighted by atomic mass is 9.73. The number of rotatable bonds is 4. The number of hydrogen-bond acceptors (Lipinski definition) is 2. The highest BCUT2D eigenvalue weighted by Gasteiger charge is 2.28. The Bertz CT molecular complexity index is 375. The fraction of sp³-hybridized carbons (Fsp3) is 0.647. The molecule has 0 spiro atoms. The van der Waals surface area contributed by atoms with Gasteiger partial charge in [0.2, 0.25) is 0 Å². The van der Waals surface area contributed by atoms with Crippen LogP contribution in [0.15, 0.2) is 24.3 Å². The molecule has 2 nitrogen and oxygen atoms in total. The number of ether oxygens (including phenoxy) is 1. The monoisotopic (exact) mass is 262 g/mol. The third-order valence-electron chi connectivity index (χ3n) is 4.36. The number of methoxy groups -OCH3 is 1. The SMILES string of the molecule is COc1ccc(CC(O)C2CC(C)CC(C)C2)cc1. The summed E-state index contributed by atoms with van der Waals surface area (Å²) < 4.78 is 5.16. The fourth-order valence-electron chi connectivity index (χ4n) is 3.49. The minimum absolute atomic E-state index is 0.210. The van der Waals surface area contributed by atoms with Crippen molar-refractivity contribution in [1.82, 2.24) is 0 Å². The average Bonchev–Trinajstić information content (AvgIpc) is 2.38. The highest BCUT2D eigenvalue weighted by atomic mass is 16.5. The van der Waals surface area contributed by atoms with Crippen LogP contribution < -0.4 is 4.74 Å². The maximum Gasteiger partial charge on any atom is 0.118 e. The molecule has 1 fully saturated rings. The van der Waals surface area contributed by atoms with Crippen LogP contribution in [0.1, 0.15) is 38.7 Å². The van der Waals surface area contributed by atoms with Gasteiger partial charge in [-0.15, -0.1) is 0 Å². The molecular weight excluding hydrogens is 236 g/mol. The van der Waals surface area contributed by atoms with Crippen molar-refractivity contribution in [2.75, 3.05) is 7.11 Å². The standard InChI is InChI=1S/C17H26O2/c1-12-8-13(2)10-15(9-12)17(18)11-14-4-6-16(19-3)7-5-14/h4-7,12-13,15,17-18H,8-11H2,1-3H3. The summed E-state index contributed by atoms with van der Waals surface area (Å²) in [5.74, 6) is 2.83. The van der Waals surface area contributed by atoms with Gasteiger partial charge in [0.15, 0.2) is 0 Å². The minimum Gasteiger partial charge on any atom is -0.497 e. The zero-order valence-electron chi connectivity index (χ0n) is 12.3. The first-order valence-corrected chi connectivity index (χ1v) is 7.39. The molecule has 1 N–H and O–H groups in total. The van der Waals surface area contributed by atoms with Gasteiger partial charge in [0, 0.05) is 0 Å². The zero-order chi connectivity index (χ0) is 13.8. The van der Waals surface area contributed by atoms with E-state index >= 15 is 0 Å². The summed E-state index contributed by atoms with van der Waals surface area (Å²) in [6.07, 6.45) is 4.20. The summed E-state index contributed by atoms with van der Waals surface area (Å²) in [6, 6.07) is 8.04. The largest absolute Gasteiger partial charge is 0.497 e. The Hall–Kier alpha value is -1.02. The molecule has 1 aromatic carbocycles. The minimum atomic E-state index is -0.210. The van der Waals surface area contributed by atoms with E-state index in [0.29, 0.717) is 5.92 Å². The molecule has 2 heteroatoms. The summed E-state index contributed by atoms with van der Waals surface area (Å²) in [7, 11) is 1.68. The summed E-state index contributed by atoms with van der Waals surface area (Å²) in [5.41, 5.74) is 1.19. The summed E-state index contributed by atoms with van der Waals surface area (Å²) in [4.78, 5) is 0. The molecular formula is C17H26O2. The van der Waals surface area contributed by atoms with E-state index in [1.807, 2.05) is 12.1 Å². The third kappa shape index (κ3) is 3.97. The van der Waals surface area contributed by atoms with Crippen molar-refractivity contribution in [2.24, 2.45) is 17.8 Å². The molecule has 19 heavy (non-hydrogen) atoms. The van der Waals surface area contributed by atoms with Crippen LogP contribution in [0.2, 0.25) is 0 Å². The van der Waals surface area contributed by atoms with Gasteiger partial charge >= 0.3 is 0 Å². The van der Waals surface area contributed by atoms with Gasteiger partial charge in [-0.2, -0.15) is 0 Å². The van der Waals surface area contributed by atoms with E-state index in [1.54, 1.807) is 7.11 Å². The van der Waals surface area contributed by atoms with Gasteiger partial charge in [-0.05, 0) is 61.1 Å². The maximum atomic E-state index is 10.5. The van der Waals surface area contributed by atoms with Gasteiger partial charge in [0.05, 0.1) is 13.2 Å². The smallest absolute Gasteiger partial charge is 0.118 e. The predicted molar refractivity (Wildman–Crippen MR) is 78.4 cm³/mol. The van der Waals surface area contributed by atoms with Gasteiger partial charge in [-0.25, -0.2) is 0 Å². The topological polar surface area (TPSA) is 29.5 Å². The highest BCUT2D eigenvalue weighted by molar-refractivity contribution is 5.27. The number of aliphatic hydroxyl groups is 1. The van der Waals surface area contributed by atoms with Gasteiger partial charge in [-0.3, -0.25) is 0 Å². The zero-order valence-corrected chi connectivity index (χ0v) is 12.3. The normalized spacial score (nSPS) is 28.9. The van der Waals surface area contributed by atoms with E-state index in [-0.39, 0.29) is 6.10 Å². The van der Waals surface area contributed by atoms with Crippen LogP contribution in [0.5, 0.6) is 5.75 Å². The fourth-order valence-corrected chi connectivity index (χ4v) is 3.49. The molecule has 0 radical (unpaired) electrons. The Morgan fingerprint density at radius 1 is 1.11 bits per heavy atom. The van der Waals surface area contributed by atoms with E-state index in [2.05, 4.69) is 26.0 Å². The van der Waals surface area contributed by atoms with Crippen LogP contribution in [0, 0.1) is 17.8 Å². The van der Waals surface area contributed by atoms with Crippen molar-refractivity contribution < 1.29 is 9.84 Å². The average molecular weight is 262 g/mol. The van der Waals surface area contributed by atoms with Crippen molar-refractivity contribution in [3.63, 3.8) is 0 Å². The molecule has 1 aromatic rings. The van der Waals surface area contributed by atoms with Gasteiger partial charge in [0.1, 0.15) is 5.75 Å². The molecule has 3 atom stereocenters. The van der Waals surface area contributed by atoms with E-state index in [4.69, 9.17) is 4.74 Å². The number of aliphatic hydroxyl groups excluding tert-OH is 1. The summed E-state index contributed by atoms with van der Waals surface area (Å²) in [5, 5.41) is 10.5. The van der Waals surface area contributed by atoms with E-state index in [9.17, 15) is 5.11 Å². The van der Waals surface area contributed by atoms with Crippen molar-refractivity contribution in [2.45, 2.75) is 45.6 Å². The van der Waals surface area contributed by atoms with Gasteiger partial charge in [0.25, 0.3) is 0 Å². The molecule has 1 saturated carbocycles. The van der Waals surface area contributed by atoms with Crippen molar-refractivity contribution in [3.05, 3.63) is 29.8 Å². The summed E-state index contributed by atoms with van der Waals surface area (Å²) in [6.45, 7) is 4.62. The highest BCUT2D eigenvalue weighted by Crippen LogP contribution is 2.35. The molecule has 3 unspecified atom stereocenters. The molecule has 2 rings (SSSR count). The van der Waals surface area contributed by atoms with Crippen LogP contribution >= 0.6 is 0 Å². The van der Waals surface area contributed by atoms with Crippen LogP contribution in [0.3, 0.4) is 0 Å². The first-order valence-electron chi connectivity index (χ1n) is 7.39. The summed E-state index contributed by atoms with van der Waals surface area (Å²) >= 11 is 0. The Balaban J connectivity index is 1.93. The Kier molecular flexibility index (Phi) is 4.87. The lowest BCUT2D eigenvalue weighted by Gasteiger charge is -2.34. The number of benzene rings is 1. The molecule has 0 aromatic heterocycles. The number of hydrogen-bond donors (Lipinski definition) is 1. The molecule has 1 aliphatic carbocycles.